The van der Waals surface area contributed by atoms with E-state index in [1.807, 2.05) is 49.4 Å². The van der Waals surface area contributed by atoms with E-state index in [-0.39, 0.29) is 5.97 Å². The fourth-order valence-corrected chi connectivity index (χ4v) is 2.31. The van der Waals surface area contributed by atoms with Gasteiger partial charge in [-0.25, -0.2) is 4.79 Å². The zero-order valence-electron chi connectivity index (χ0n) is 9.57. The van der Waals surface area contributed by atoms with Crippen LogP contribution in [0.15, 0.2) is 42.5 Å². The molecule has 3 rings (SSSR count). The van der Waals surface area contributed by atoms with Gasteiger partial charge in [0.25, 0.3) is 0 Å². The summed E-state index contributed by atoms with van der Waals surface area (Å²) in [4.78, 5) is 11.9. The Morgan fingerprint density at radius 2 is 1.76 bits per heavy atom. The number of ether oxygens (including phenoxy) is 1. The minimum atomic E-state index is -0.236. The SMILES string of the molecule is Cc1cccc2c1-c1ccccc1COC2=O. The molecule has 0 atom stereocenters. The highest BCUT2D eigenvalue weighted by Crippen LogP contribution is 2.33. The zero-order chi connectivity index (χ0) is 11.8. The maximum atomic E-state index is 11.9. The van der Waals surface area contributed by atoms with E-state index in [9.17, 15) is 4.79 Å². The Kier molecular flexibility index (Phi) is 2.22. The fraction of sp³-hybridized carbons (Fsp3) is 0.133. The van der Waals surface area contributed by atoms with Gasteiger partial charge in [0.2, 0.25) is 0 Å². The molecule has 2 aromatic carbocycles. The smallest absolute Gasteiger partial charge is 0.339 e. The number of carbonyl (C=O) groups is 1. The maximum Gasteiger partial charge on any atom is 0.339 e. The molecule has 0 N–H and O–H groups in total. The molecule has 0 fully saturated rings. The lowest BCUT2D eigenvalue weighted by Gasteiger charge is -2.09. The summed E-state index contributed by atoms with van der Waals surface area (Å²) in [6.07, 6.45) is 0. The van der Waals surface area contributed by atoms with Crippen LogP contribution in [0.3, 0.4) is 0 Å². The molecule has 0 bridgehead atoms. The van der Waals surface area contributed by atoms with E-state index in [0.717, 1.165) is 22.3 Å². The van der Waals surface area contributed by atoms with Gasteiger partial charge in [-0.1, -0.05) is 36.4 Å². The molecule has 1 aliphatic heterocycles. The minimum absolute atomic E-state index is 0.236. The summed E-state index contributed by atoms with van der Waals surface area (Å²) in [5.74, 6) is -0.236. The Bertz CT molecular complexity index is 600. The molecule has 0 amide bonds. The van der Waals surface area contributed by atoms with Crippen molar-refractivity contribution in [1.29, 1.82) is 0 Å². The highest BCUT2D eigenvalue weighted by atomic mass is 16.5. The van der Waals surface area contributed by atoms with Crippen molar-refractivity contribution in [1.82, 2.24) is 0 Å². The van der Waals surface area contributed by atoms with Gasteiger partial charge < -0.3 is 4.74 Å². The van der Waals surface area contributed by atoms with Gasteiger partial charge in [0.15, 0.2) is 0 Å². The van der Waals surface area contributed by atoms with E-state index < -0.39 is 0 Å². The molecule has 84 valence electrons. The molecule has 0 unspecified atom stereocenters. The molecule has 1 heterocycles. The van der Waals surface area contributed by atoms with Crippen LogP contribution in [0.5, 0.6) is 0 Å². The van der Waals surface area contributed by atoms with Crippen molar-refractivity contribution in [2.75, 3.05) is 0 Å². The van der Waals surface area contributed by atoms with Gasteiger partial charge in [-0.05, 0) is 35.2 Å². The quantitative estimate of drug-likeness (QED) is 0.641. The van der Waals surface area contributed by atoms with Crippen LogP contribution >= 0.6 is 0 Å². The van der Waals surface area contributed by atoms with Gasteiger partial charge in [0, 0.05) is 0 Å². The van der Waals surface area contributed by atoms with Crippen molar-refractivity contribution in [3.63, 3.8) is 0 Å². The summed E-state index contributed by atoms with van der Waals surface area (Å²) in [7, 11) is 0. The molecular weight excluding hydrogens is 212 g/mol. The summed E-state index contributed by atoms with van der Waals surface area (Å²) >= 11 is 0. The normalized spacial score (nSPS) is 13.4. The summed E-state index contributed by atoms with van der Waals surface area (Å²) in [5, 5.41) is 0. The second kappa shape index (κ2) is 3.74. The lowest BCUT2D eigenvalue weighted by molar-refractivity contribution is 0.0479. The summed E-state index contributed by atoms with van der Waals surface area (Å²) in [6, 6.07) is 13.7. The van der Waals surface area contributed by atoms with E-state index >= 15 is 0 Å². The predicted octanol–water partition coefficient (Wildman–Crippen LogP) is 3.33. The number of fused-ring (bicyclic) bond motifs is 3. The average Bonchev–Trinajstić information content (AvgIpc) is 2.49. The molecule has 0 saturated heterocycles. The third kappa shape index (κ3) is 1.53. The molecule has 0 aromatic heterocycles. The number of aryl methyl sites for hydroxylation is 1. The van der Waals surface area contributed by atoms with Crippen LogP contribution in [0.1, 0.15) is 21.5 Å². The topological polar surface area (TPSA) is 26.3 Å². The Balaban J connectivity index is 2.37. The molecule has 0 saturated carbocycles. The van der Waals surface area contributed by atoms with Crippen molar-refractivity contribution in [2.45, 2.75) is 13.5 Å². The van der Waals surface area contributed by atoms with Crippen molar-refractivity contribution in [3.05, 3.63) is 59.2 Å². The number of benzene rings is 2. The number of hydrogen-bond donors (Lipinski definition) is 0. The molecule has 0 aliphatic carbocycles. The lowest BCUT2D eigenvalue weighted by Crippen LogP contribution is -2.03. The Morgan fingerprint density at radius 1 is 1.00 bits per heavy atom. The fourth-order valence-electron chi connectivity index (χ4n) is 2.31. The monoisotopic (exact) mass is 224 g/mol. The zero-order valence-corrected chi connectivity index (χ0v) is 9.57. The van der Waals surface area contributed by atoms with Crippen molar-refractivity contribution < 1.29 is 9.53 Å². The van der Waals surface area contributed by atoms with Crippen LogP contribution in [0.4, 0.5) is 0 Å². The van der Waals surface area contributed by atoms with Crippen molar-refractivity contribution in [2.24, 2.45) is 0 Å². The first-order chi connectivity index (χ1) is 8.27. The molecule has 2 aromatic rings. The van der Waals surface area contributed by atoms with Crippen LogP contribution in [0.2, 0.25) is 0 Å². The van der Waals surface area contributed by atoms with Crippen molar-refractivity contribution >= 4 is 5.97 Å². The van der Waals surface area contributed by atoms with E-state index in [0.29, 0.717) is 12.2 Å². The number of hydrogen-bond acceptors (Lipinski definition) is 2. The number of carbonyl (C=O) groups excluding carboxylic acids is 1. The van der Waals surface area contributed by atoms with Gasteiger partial charge in [0.05, 0.1) is 5.56 Å². The van der Waals surface area contributed by atoms with Gasteiger partial charge in [0.1, 0.15) is 6.61 Å². The summed E-state index contributed by atoms with van der Waals surface area (Å²) in [5.41, 5.74) is 4.94. The number of rotatable bonds is 0. The highest BCUT2D eigenvalue weighted by molar-refractivity contribution is 5.99. The Labute approximate surface area is 99.9 Å². The minimum Gasteiger partial charge on any atom is -0.457 e. The second-order valence-electron chi connectivity index (χ2n) is 4.23. The third-order valence-electron chi connectivity index (χ3n) is 3.14. The first-order valence-electron chi connectivity index (χ1n) is 5.62. The lowest BCUT2D eigenvalue weighted by atomic mass is 9.93. The first kappa shape index (κ1) is 10.1. The highest BCUT2D eigenvalue weighted by Gasteiger charge is 2.21. The molecule has 2 nitrogen and oxygen atoms in total. The molecular formula is C15H12O2. The van der Waals surface area contributed by atoms with Gasteiger partial charge in [-0.2, -0.15) is 0 Å². The van der Waals surface area contributed by atoms with E-state index in [1.54, 1.807) is 0 Å². The molecule has 17 heavy (non-hydrogen) atoms. The standard InChI is InChI=1S/C15H12O2/c1-10-5-4-8-13-14(10)12-7-3-2-6-11(12)9-17-15(13)16/h2-8H,9H2,1H3. The molecule has 2 heteroatoms. The molecule has 1 aliphatic rings. The molecule has 0 radical (unpaired) electrons. The van der Waals surface area contributed by atoms with E-state index in [4.69, 9.17) is 4.74 Å². The van der Waals surface area contributed by atoms with Gasteiger partial charge in [-0.3, -0.25) is 0 Å². The molecule has 0 spiro atoms. The number of esters is 1. The van der Waals surface area contributed by atoms with Crippen LogP contribution < -0.4 is 0 Å². The van der Waals surface area contributed by atoms with Gasteiger partial charge in [-0.15, -0.1) is 0 Å². The second-order valence-corrected chi connectivity index (χ2v) is 4.23. The van der Waals surface area contributed by atoms with Gasteiger partial charge >= 0.3 is 5.97 Å². The Hall–Kier alpha value is -2.09. The Morgan fingerprint density at radius 3 is 2.65 bits per heavy atom. The first-order valence-corrected chi connectivity index (χ1v) is 5.62. The van der Waals surface area contributed by atoms with Crippen LogP contribution in [0.25, 0.3) is 11.1 Å². The van der Waals surface area contributed by atoms with E-state index in [1.165, 1.54) is 0 Å². The van der Waals surface area contributed by atoms with E-state index in [2.05, 4.69) is 0 Å². The van der Waals surface area contributed by atoms with Crippen LogP contribution in [-0.4, -0.2) is 5.97 Å². The third-order valence-corrected chi connectivity index (χ3v) is 3.14. The van der Waals surface area contributed by atoms with Crippen molar-refractivity contribution in [3.8, 4) is 11.1 Å². The largest absolute Gasteiger partial charge is 0.457 e. The summed E-state index contributed by atoms with van der Waals surface area (Å²) < 4.78 is 5.27. The van der Waals surface area contributed by atoms with Crippen LogP contribution in [0, 0.1) is 6.92 Å². The summed E-state index contributed by atoms with van der Waals surface area (Å²) in [6.45, 7) is 2.37. The predicted molar refractivity (Wildman–Crippen MR) is 65.7 cm³/mol. The average molecular weight is 224 g/mol. The number of cyclic esters (lactones) is 1. The van der Waals surface area contributed by atoms with Crippen LogP contribution in [-0.2, 0) is 11.3 Å². The maximum absolute atomic E-state index is 11.9.